The van der Waals surface area contributed by atoms with Crippen molar-refractivity contribution in [1.82, 2.24) is 9.88 Å². The minimum absolute atomic E-state index is 0.105. The Morgan fingerprint density at radius 2 is 2.00 bits per heavy atom. The van der Waals surface area contributed by atoms with Gasteiger partial charge in [0.1, 0.15) is 5.82 Å². The fourth-order valence-corrected chi connectivity index (χ4v) is 2.10. The molecule has 2 heterocycles. The smallest absolute Gasteiger partial charge is 0.128 e. The van der Waals surface area contributed by atoms with Crippen LogP contribution in [0.4, 0.5) is 5.82 Å². The van der Waals surface area contributed by atoms with Gasteiger partial charge in [-0.1, -0.05) is 6.07 Å². The summed E-state index contributed by atoms with van der Waals surface area (Å²) in [6.07, 6.45) is 1.84. The van der Waals surface area contributed by atoms with E-state index in [1.165, 1.54) is 0 Å². The molecule has 0 aromatic carbocycles. The zero-order chi connectivity index (χ0) is 12.6. The Morgan fingerprint density at radius 1 is 1.17 bits per heavy atom. The van der Waals surface area contributed by atoms with Gasteiger partial charge in [-0.25, -0.2) is 4.98 Å². The van der Waals surface area contributed by atoms with Crippen LogP contribution < -0.4 is 4.90 Å². The quantitative estimate of drug-likeness (QED) is 0.733. The molecule has 1 aliphatic rings. The average molecular weight is 251 g/mol. The second-order valence-electron chi connectivity index (χ2n) is 4.35. The van der Waals surface area contributed by atoms with Crippen molar-refractivity contribution in [1.29, 1.82) is 0 Å². The highest BCUT2D eigenvalue weighted by molar-refractivity contribution is 5.38. The van der Waals surface area contributed by atoms with Crippen molar-refractivity contribution < 1.29 is 9.84 Å². The molecule has 100 valence electrons. The highest BCUT2D eigenvalue weighted by atomic mass is 16.5. The first kappa shape index (κ1) is 13.3. The first-order valence-corrected chi connectivity index (χ1v) is 6.47. The summed E-state index contributed by atoms with van der Waals surface area (Å²) in [5, 5.41) is 8.61. The van der Waals surface area contributed by atoms with Crippen LogP contribution in [0.15, 0.2) is 24.4 Å². The van der Waals surface area contributed by atoms with Crippen molar-refractivity contribution in [2.75, 3.05) is 57.4 Å². The molecular formula is C13H21N3O2. The Bertz CT molecular complexity index is 326. The van der Waals surface area contributed by atoms with Crippen molar-refractivity contribution in [3.05, 3.63) is 24.4 Å². The summed E-state index contributed by atoms with van der Waals surface area (Å²) in [5.41, 5.74) is 0. The maximum Gasteiger partial charge on any atom is 0.128 e. The first-order valence-electron chi connectivity index (χ1n) is 6.47. The van der Waals surface area contributed by atoms with Gasteiger partial charge in [0.15, 0.2) is 0 Å². The van der Waals surface area contributed by atoms with Gasteiger partial charge in [-0.15, -0.1) is 0 Å². The van der Waals surface area contributed by atoms with E-state index < -0.39 is 0 Å². The van der Waals surface area contributed by atoms with Crippen molar-refractivity contribution in [2.24, 2.45) is 0 Å². The summed E-state index contributed by atoms with van der Waals surface area (Å²) in [6.45, 7) is 6.29. The lowest BCUT2D eigenvalue weighted by atomic mass is 10.3. The highest BCUT2D eigenvalue weighted by Gasteiger charge is 2.17. The van der Waals surface area contributed by atoms with Gasteiger partial charge in [0.2, 0.25) is 0 Å². The summed E-state index contributed by atoms with van der Waals surface area (Å²) < 4.78 is 5.28. The number of hydrogen-bond acceptors (Lipinski definition) is 5. The molecule has 2 rings (SSSR count). The van der Waals surface area contributed by atoms with E-state index in [9.17, 15) is 0 Å². The first-order chi connectivity index (χ1) is 8.90. The molecule has 5 nitrogen and oxygen atoms in total. The largest absolute Gasteiger partial charge is 0.394 e. The summed E-state index contributed by atoms with van der Waals surface area (Å²) in [5.74, 6) is 1.06. The number of aromatic nitrogens is 1. The molecule has 1 N–H and O–H groups in total. The number of rotatable bonds is 6. The molecule has 0 bridgehead atoms. The fraction of sp³-hybridized carbons (Fsp3) is 0.615. The van der Waals surface area contributed by atoms with Crippen molar-refractivity contribution in [2.45, 2.75) is 0 Å². The Labute approximate surface area is 108 Å². The third-order valence-electron chi connectivity index (χ3n) is 3.13. The zero-order valence-corrected chi connectivity index (χ0v) is 10.7. The Balaban J connectivity index is 1.68. The monoisotopic (exact) mass is 251 g/mol. The molecule has 1 aliphatic heterocycles. The normalized spacial score (nSPS) is 17.1. The van der Waals surface area contributed by atoms with E-state index in [0.29, 0.717) is 13.2 Å². The molecule has 1 saturated heterocycles. The van der Waals surface area contributed by atoms with Crippen LogP contribution in [0.1, 0.15) is 0 Å². The van der Waals surface area contributed by atoms with Crippen molar-refractivity contribution >= 4 is 5.82 Å². The lowest BCUT2D eigenvalue weighted by Gasteiger charge is -2.35. The standard InChI is InChI=1S/C13H21N3O2/c17-10-12-18-11-9-15-5-7-16(8-6-15)13-3-1-2-4-14-13/h1-4,17H,5-12H2. The third-order valence-corrected chi connectivity index (χ3v) is 3.13. The molecule has 1 aromatic rings. The van der Waals surface area contributed by atoms with Crippen LogP contribution in [0.3, 0.4) is 0 Å². The van der Waals surface area contributed by atoms with Crippen LogP contribution in [0.25, 0.3) is 0 Å². The summed E-state index contributed by atoms with van der Waals surface area (Å²) in [6, 6.07) is 6.02. The van der Waals surface area contributed by atoms with Crippen LogP contribution in [0, 0.1) is 0 Å². The van der Waals surface area contributed by atoms with E-state index in [1.54, 1.807) is 0 Å². The number of piperazine rings is 1. The highest BCUT2D eigenvalue weighted by Crippen LogP contribution is 2.12. The molecule has 0 spiro atoms. The lowest BCUT2D eigenvalue weighted by Crippen LogP contribution is -2.47. The van der Waals surface area contributed by atoms with E-state index >= 15 is 0 Å². The number of nitrogens with zero attached hydrogens (tertiary/aromatic N) is 3. The molecular weight excluding hydrogens is 230 g/mol. The van der Waals surface area contributed by atoms with Crippen LogP contribution >= 0.6 is 0 Å². The number of aliphatic hydroxyl groups excluding tert-OH is 1. The summed E-state index contributed by atoms with van der Waals surface area (Å²) in [4.78, 5) is 9.07. The van der Waals surface area contributed by atoms with E-state index in [0.717, 1.165) is 38.5 Å². The van der Waals surface area contributed by atoms with E-state index in [4.69, 9.17) is 9.84 Å². The van der Waals surface area contributed by atoms with Crippen molar-refractivity contribution in [3.63, 3.8) is 0 Å². The zero-order valence-electron chi connectivity index (χ0n) is 10.7. The van der Waals surface area contributed by atoms with E-state index in [1.807, 2.05) is 18.3 Å². The van der Waals surface area contributed by atoms with Gasteiger partial charge in [0.05, 0.1) is 19.8 Å². The van der Waals surface area contributed by atoms with Gasteiger partial charge in [-0.2, -0.15) is 0 Å². The van der Waals surface area contributed by atoms with Gasteiger partial charge in [0.25, 0.3) is 0 Å². The average Bonchev–Trinajstić information content (AvgIpc) is 2.45. The molecule has 0 radical (unpaired) electrons. The minimum Gasteiger partial charge on any atom is -0.394 e. The predicted octanol–water partition coefficient (Wildman–Crippen LogP) is 0.212. The number of hydrogen-bond donors (Lipinski definition) is 1. The molecule has 18 heavy (non-hydrogen) atoms. The second-order valence-corrected chi connectivity index (χ2v) is 4.35. The molecule has 1 fully saturated rings. The van der Waals surface area contributed by atoms with Gasteiger partial charge < -0.3 is 14.7 Å². The molecule has 0 saturated carbocycles. The predicted molar refractivity (Wildman–Crippen MR) is 70.8 cm³/mol. The van der Waals surface area contributed by atoms with E-state index in [2.05, 4.69) is 20.9 Å². The Kier molecular flexibility index (Phi) is 5.38. The maximum atomic E-state index is 8.61. The topological polar surface area (TPSA) is 48.8 Å². The van der Waals surface area contributed by atoms with Gasteiger partial charge in [0, 0.05) is 38.9 Å². The molecule has 0 unspecified atom stereocenters. The SMILES string of the molecule is OCCOCCN1CCN(c2ccccn2)CC1. The van der Waals surface area contributed by atoms with Crippen LogP contribution in [0.2, 0.25) is 0 Å². The number of anilines is 1. The number of aliphatic hydroxyl groups is 1. The molecule has 0 atom stereocenters. The van der Waals surface area contributed by atoms with Crippen LogP contribution in [-0.4, -0.2) is 67.5 Å². The Morgan fingerprint density at radius 3 is 2.67 bits per heavy atom. The minimum atomic E-state index is 0.105. The van der Waals surface area contributed by atoms with Crippen LogP contribution in [0.5, 0.6) is 0 Å². The number of ether oxygens (including phenoxy) is 1. The number of pyridine rings is 1. The summed E-state index contributed by atoms with van der Waals surface area (Å²) >= 11 is 0. The van der Waals surface area contributed by atoms with E-state index in [-0.39, 0.29) is 6.61 Å². The van der Waals surface area contributed by atoms with Gasteiger partial charge >= 0.3 is 0 Å². The van der Waals surface area contributed by atoms with Crippen molar-refractivity contribution in [3.8, 4) is 0 Å². The molecule has 0 aliphatic carbocycles. The fourth-order valence-electron chi connectivity index (χ4n) is 2.10. The van der Waals surface area contributed by atoms with Gasteiger partial charge in [-0.05, 0) is 12.1 Å². The molecule has 5 heteroatoms. The Hall–Kier alpha value is -1.17. The molecule has 1 aromatic heterocycles. The third kappa shape index (κ3) is 3.94. The molecule has 0 amide bonds. The van der Waals surface area contributed by atoms with Crippen LogP contribution in [-0.2, 0) is 4.74 Å². The lowest BCUT2D eigenvalue weighted by molar-refractivity contribution is 0.0724. The maximum absolute atomic E-state index is 8.61. The van der Waals surface area contributed by atoms with Gasteiger partial charge in [-0.3, -0.25) is 4.90 Å². The summed E-state index contributed by atoms with van der Waals surface area (Å²) in [7, 11) is 0. The second kappa shape index (κ2) is 7.31.